The quantitative estimate of drug-likeness (QED) is 0.367. The Kier molecular flexibility index (Phi) is 11.3. The second kappa shape index (κ2) is 12.3. The first kappa shape index (κ1) is 22.0. The first-order valence-corrected chi connectivity index (χ1v) is 9.83. The Bertz CT molecular complexity index is 355. The van der Waals surface area contributed by atoms with Crippen molar-refractivity contribution in [1.82, 2.24) is 15.5 Å². The Hall–Kier alpha value is -0.0400. The maximum absolute atomic E-state index is 4.41. The molecule has 1 saturated carbocycles. The van der Waals surface area contributed by atoms with E-state index in [1.165, 1.54) is 70.9 Å². The molecule has 0 amide bonds. The van der Waals surface area contributed by atoms with Crippen molar-refractivity contribution < 1.29 is 0 Å². The van der Waals surface area contributed by atoms with Gasteiger partial charge in [0.15, 0.2) is 5.96 Å². The van der Waals surface area contributed by atoms with E-state index < -0.39 is 0 Å². The van der Waals surface area contributed by atoms with Crippen LogP contribution in [0.1, 0.15) is 64.7 Å². The van der Waals surface area contributed by atoms with E-state index in [9.17, 15) is 0 Å². The number of guanidine groups is 1. The van der Waals surface area contributed by atoms with E-state index in [0.29, 0.717) is 6.04 Å². The summed E-state index contributed by atoms with van der Waals surface area (Å²) in [6.07, 6.45) is 12.6. The van der Waals surface area contributed by atoms with Crippen LogP contribution in [0, 0.1) is 11.8 Å². The van der Waals surface area contributed by atoms with Crippen LogP contribution in [0.5, 0.6) is 0 Å². The fourth-order valence-electron chi connectivity index (χ4n) is 4.14. The van der Waals surface area contributed by atoms with Gasteiger partial charge in [-0.1, -0.05) is 32.1 Å². The molecule has 24 heavy (non-hydrogen) atoms. The summed E-state index contributed by atoms with van der Waals surface area (Å²) in [5, 5.41) is 7.12. The van der Waals surface area contributed by atoms with Crippen molar-refractivity contribution in [1.29, 1.82) is 0 Å². The van der Waals surface area contributed by atoms with Crippen LogP contribution in [0.15, 0.2) is 4.99 Å². The molecule has 1 heterocycles. The smallest absolute Gasteiger partial charge is 0.191 e. The van der Waals surface area contributed by atoms with Gasteiger partial charge >= 0.3 is 0 Å². The van der Waals surface area contributed by atoms with E-state index in [4.69, 9.17) is 0 Å². The minimum absolute atomic E-state index is 0. The third-order valence-corrected chi connectivity index (χ3v) is 5.62. The van der Waals surface area contributed by atoms with E-state index in [0.717, 1.165) is 24.3 Å². The molecule has 1 aliphatic heterocycles. The standard InChI is InChI=1S/C19H38N4.HI/c1-16(11-12-17-8-5-4-6-9-17)22-19(20-2)21-14-18-10-7-13-23(3)15-18;/h16-18H,4-15H2,1-3H3,(H2,20,21,22);1H. The molecule has 2 rings (SSSR count). The van der Waals surface area contributed by atoms with Gasteiger partial charge in [0.25, 0.3) is 0 Å². The Labute approximate surface area is 166 Å². The molecule has 0 spiro atoms. The second-order valence-corrected chi connectivity index (χ2v) is 7.85. The van der Waals surface area contributed by atoms with Crippen molar-refractivity contribution in [3.05, 3.63) is 0 Å². The predicted molar refractivity (Wildman–Crippen MR) is 115 cm³/mol. The zero-order valence-corrected chi connectivity index (χ0v) is 18.4. The molecule has 142 valence electrons. The molecule has 1 aliphatic carbocycles. The summed E-state index contributed by atoms with van der Waals surface area (Å²) in [6, 6.07) is 0.511. The van der Waals surface area contributed by atoms with Crippen LogP contribution in [-0.2, 0) is 0 Å². The largest absolute Gasteiger partial charge is 0.356 e. The Morgan fingerprint density at radius 3 is 2.50 bits per heavy atom. The third-order valence-electron chi connectivity index (χ3n) is 5.62. The minimum atomic E-state index is 0. The molecule has 2 aliphatic rings. The van der Waals surface area contributed by atoms with Gasteiger partial charge in [0.1, 0.15) is 0 Å². The number of nitrogens with one attached hydrogen (secondary N) is 2. The lowest BCUT2D eigenvalue weighted by atomic mass is 9.85. The topological polar surface area (TPSA) is 39.7 Å². The zero-order chi connectivity index (χ0) is 16.5. The third kappa shape index (κ3) is 8.37. The summed E-state index contributed by atoms with van der Waals surface area (Å²) in [5.41, 5.74) is 0. The summed E-state index contributed by atoms with van der Waals surface area (Å²) in [7, 11) is 4.11. The van der Waals surface area contributed by atoms with Crippen LogP contribution < -0.4 is 10.6 Å². The van der Waals surface area contributed by atoms with Crippen molar-refractivity contribution in [3.8, 4) is 0 Å². The molecule has 0 aromatic heterocycles. The fraction of sp³-hybridized carbons (Fsp3) is 0.947. The molecule has 0 radical (unpaired) electrons. The lowest BCUT2D eigenvalue weighted by molar-refractivity contribution is 0.210. The summed E-state index contributed by atoms with van der Waals surface area (Å²) < 4.78 is 0. The van der Waals surface area contributed by atoms with Gasteiger partial charge in [0, 0.05) is 26.2 Å². The second-order valence-electron chi connectivity index (χ2n) is 7.85. The number of aliphatic imine (C=N–C) groups is 1. The van der Waals surface area contributed by atoms with Crippen LogP contribution in [0.2, 0.25) is 0 Å². The number of hydrogen-bond donors (Lipinski definition) is 2. The highest BCUT2D eigenvalue weighted by Gasteiger charge is 2.18. The lowest BCUT2D eigenvalue weighted by Gasteiger charge is -2.30. The molecule has 2 atom stereocenters. The summed E-state index contributed by atoms with van der Waals surface area (Å²) in [6.45, 7) is 5.80. The summed E-state index contributed by atoms with van der Waals surface area (Å²) >= 11 is 0. The van der Waals surface area contributed by atoms with Gasteiger partial charge in [-0.3, -0.25) is 4.99 Å². The molecule has 2 N–H and O–H groups in total. The molecular weight excluding hydrogens is 411 g/mol. The van der Waals surface area contributed by atoms with Crippen LogP contribution in [0.3, 0.4) is 0 Å². The number of nitrogens with zero attached hydrogens (tertiary/aromatic N) is 2. The fourth-order valence-corrected chi connectivity index (χ4v) is 4.14. The SMILES string of the molecule is CN=C(NCC1CCCN(C)C1)NC(C)CCC1CCCCC1.I. The Morgan fingerprint density at radius 1 is 1.12 bits per heavy atom. The number of rotatable bonds is 6. The van der Waals surface area contributed by atoms with Crippen molar-refractivity contribution >= 4 is 29.9 Å². The predicted octanol–water partition coefficient (Wildman–Crippen LogP) is 3.86. The van der Waals surface area contributed by atoms with Crippen LogP contribution >= 0.6 is 24.0 Å². The maximum Gasteiger partial charge on any atom is 0.191 e. The van der Waals surface area contributed by atoms with E-state index in [-0.39, 0.29) is 24.0 Å². The molecule has 0 aromatic rings. The molecule has 0 bridgehead atoms. The first-order valence-electron chi connectivity index (χ1n) is 9.83. The van der Waals surface area contributed by atoms with Crippen molar-refractivity contribution in [2.75, 3.05) is 33.7 Å². The highest BCUT2D eigenvalue weighted by molar-refractivity contribution is 14.0. The molecular formula is C19H39IN4. The minimum Gasteiger partial charge on any atom is -0.356 e. The van der Waals surface area contributed by atoms with Gasteiger partial charge in [-0.25, -0.2) is 0 Å². The Balaban J connectivity index is 0.00000288. The van der Waals surface area contributed by atoms with E-state index >= 15 is 0 Å². The molecule has 1 saturated heterocycles. The number of halogens is 1. The normalized spacial score (nSPS) is 25.0. The average Bonchev–Trinajstić information content (AvgIpc) is 2.58. The molecule has 2 fully saturated rings. The molecule has 2 unspecified atom stereocenters. The zero-order valence-electron chi connectivity index (χ0n) is 16.0. The number of piperidine rings is 1. The van der Waals surface area contributed by atoms with Gasteiger partial charge in [-0.15, -0.1) is 24.0 Å². The van der Waals surface area contributed by atoms with Crippen molar-refractivity contribution in [2.24, 2.45) is 16.8 Å². The van der Waals surface area contributed by atoms with Gasteiger partial charge < -0.3 is 15.5 Å². The Morgan fingerprint density at radius 2 is 1.83 bits per heavy atom. The van der Waals surface area contributed by atoms with Gasteiger partial charge in [-0.05, 0) is 58.0 Å². The monoisotopic (exact) mass is 450 g/mol. The highest BCUT2D eigenvalue weighted by atomic mass is 127. The van der Waals surface area contributed by atoms with Gasteiger partial charge in [0.05, 0.1) is 0 Å². The summed E-state index contributed by atoms with van der Waals surface area (Å²) in [5.74, 6) is 2.71. The molecule has 5 heteroatoms. The van der Waals surface area contributed by atoms with Gasteiger partial charge in [0.2, 0.25) is 0 Å². The van der Waals surface area contributed by atoms with Crippen LogP contribution in [-0.4, -0.2) is 50.6 Å². The number of likely N-dealkylation sites (tertiary alicyclic amines) is 1. The van der Waals surface area contributed by atoms with Crippen LogP contribution in [0.4, 0.5) is 0 Å². The lowest BCUT2D eigenvalue weighted by Crippen LogP contribution is -2.46. The van der Waals surface area contributed by atoms with E-state index in [1.54, 1.807) is 0 Å². The highest BCUT2D eigenvalue weighted by Crippen LogP contribution is 2.27. The van der Waals surface area contributed by atoms with Crippen molar-refractivity contribution in [3.63, 3.8) is 0 Å². The van der Waals surface area contributed by atoms with E-state index in [2.05, 4.69) is 34.5 Å². The van der Waals surface area contributed by atoms with E-state index in [1.807, 2.05) is 7.05 Å². The number of hydrogen-bond acceptors (Lipinski definition) is 2. The molecule has 4 nitrogen and oxygen atoms in total. The average molecular weight is 450 g/mol. The van der Waals surface area contributed by atoms with Crippen molar-refractivity contribution in [2.45, 2.75) is 70.8 Å². The maximum atomic E-state index is 4.41. The first-order chi connectivity index (χ1) is 11.2. The van der Waals surface area contributed by atoms with Crippen LogP contribution in [0.25, 0.3) is 0 Å². The van der Waals surface area contributed by atoms with Gasteiger partial charge in [-0.2, -0.15) is 0 Å². The summed E-state index contributed by atoms with van der Waals surface area (Å²) in [4.78, 5) is 6.85. The molecule has 0 aromatic carbocycles.